The van der Waals surface area contributed by atoms with Crippen molar-refractivity contribution in [2.75, 3.05) is 18.8 Å². The molecule has 0 bridgehead atoms. The number of carboxylic acid groups (broad SMARTS) is 1. The average molecular weight is 751 g/mol. The third-order valence-corrected chi connectivity index (χ3v) is 10.6. The van der Waals surface area contributed by atoms with Gasteiger partial charge in [0.15, 0.2) is 16.9 Å². The van der Waals surface area contributed by atoms with Gasteiger partial charge in [0.2, 0.25) is 0 Å². The van der Waals surface area contributed by atoms with Crippen LogP contribution in [0, 0.1) is 17.2 Å². The number of β-lactam (4-membered cyclic amide) rings is 1. The number of anilines is 1. The van der Waals surface area contributed by atoms with Crippen LogP contribution in [0.2, 0.25) is 0 Å². The Labute approximate surface area is 298 Å². The van der Waals surface area contributed by atoms with E-state index in [1.54, 1.807) is 12.1 Å². The molecule has 51 heavy (non-hydrogen) atoms. The lowest BCUT2D eigenvalue weighted by Crippen LogP contribution is -2.76. The van der Waals surface area contributed by atoms with Gasteiger partial charge in [0, 0.05) is 17.5 Å². The van der Waals surface area contributed by atoms with Crippen LogP contribution >= 0.6 is 11.3 Å². The fourth-order valence-electron chi connectivity index (χ4n) is 6.35. The maximum atomic E-state index is 13.5. The third-order valence-electron chi connectivity index (χ3n) is 9.63. The highest BCUT2D eigenvalue weighted by atomic mass is 32.3. The standard InChI is InChI=1S/C31H42N8O10S2/c1-30(2)24(27(41)39(30)49-51(44,45)46)37-26(40)23(20-15-50-29(34)36-20)38-48-31(3,28(42)43)22-11-9-18-12-19(8-10-21(18)47-22)25(33)35-14-17-6-4-16(13-32)5-7-17/h8,10,12,15-17,22,24H,4-7,9,11,13-14,32H2,1-3H3,(H2,33,35)(H2,34,36)(H,37,40)(H,42,43)(H,44,45,46)/b38-23-/t16?,17?,22-,24-,31+/m1/s1. The summed E-state index contributed by atoms with van der Waals surface area (Å²) < 4.78 is 41.8. The number of rotatable bonds is 13. The summed E-state index contributed by atoms with van der Waals surface area (Å²) in [5.74, 6) is -1.69. The molecule has 2 aliphatic heterocycles. The summed E-state index contributed by atoms with van der Waals surface area (Å²) in [7, 11) is -5.03. The van der Waals surface area contributed by atoms with Gasteiger partial charge in [0.1, 0.15) is 23.3 Å². The first kappa shape index (κ1) is 37.9. The summed E-state index contributed by atoms with van der Waals surface area (Å²) in [4.78, 5) is 48.4. The second kappa shape index (κ2) is 14.7. The lowest BCUT2D eigenvalue weighted by molar-refractivity contribution is -0.218. The highest BCUT2D eigenvalue weighted by Crippen LogP contribution is 2.36. The maximum absolute atomic E-state index is 13.5. The molecule has 3 atom stereocenters. The fraction of sp³-hybridized carbons (Fsp3) is 0.548. The Morgan fingerprint density at radius 3 is 2.51 bits per heavy atom. The largest absolute Gasteiger partial charge is 0.485 e. The van der Waals surface area contributed by atoms with Gasteiger partial charge in [-0.1, -0.05) is 5.16 Å². The van der Waals surface area contributed by atoms with E-state index in [-0.39, 0.29) is 23.1 Å². The summed E-state index contributed by atoms with van der Waals surface area (Å²) in [6, 6.07) is 3.90. The second-order valence-corrected chi connectivity index (χ2v) is 15.4. The summed E-state index contributed by atoms with van der Waals surface area (Å²) >= 11 is 0.966. The number of hydrogen-bond donors (Lipinski definition) is 7. The Kier molecular flexibility index (Phi) is 10.9. The van der Waals surface area contributed by atoms with Gasteiger partial charge in [-0.05, 0) is 101 Å². The van der Waals surface area contributed by atoms with Crippen LogP contribution in [-0.4, -0.2) is 93.8 Å². The average Bonchev–Trinajstić information content (AvgIpc) is 3.52. The monoisotopic (exact) mass is 750 g/mol. The molecule has 1 aromatic heterocycles. The topological polar surface area (TPSA) is 282 Å². The summed E-state index contributed by atoms with van der Waals surface area (Å²) in [5, 5.41) is 30.2. The van der Waals surface area contributed by atoms with Crippen LogP contribution in [0.4, 0.5) is 5.13 Å². The molecule has 2 amide bonds. The number of ether oxygens (including phenoxy) is 1. The Balaban J connectivity index is 1.28. The summed E-state index contributed by atoms with van der Waals surface area (Å²) in [6.07, 6.45) is 3.88. The fourth-order valence-corrected chi connectivity index (χ4v) is 7.35. The quantitative estimate of drug-likeness (QED) is 0.0498. The van der Waals surface area contributed by atoms with Crippen molar-refractivity contribution in [3.8, 4) is 5.75 Å². The molecular weight excluding hydrogens is 709 g/mol. The van der Waals surface area contributed by atoms with E-state index in [0.717, 1.165) is 42.6 Å². The molecule has 1 aliphatic carbocycles. The van der Waals surface area contributed by atoms with Crippen molar-refractivity contribution >= 4 is 56.2 Å². The van der Waals surface area contributed by atoms with Gasteiger partial charge in [-0.3, -0.25) is 19.6 Å². The van der Waals surface area contributed by atoms with E-state index in [4.69, 9.17) is 31.0 Å². The van der Waals surface area contributed by atoms with E-state index >= 15 is 0 Å². The van der Waals surface area contributed by atoms with Gasteiger partial charge in [0.25, 0.3) is 17.4 Å². The van der Waals surface area contributed by atoms with Crippen molar-refractivity contribution in [1.29, 1.82) is 5.41 Å². The van der Waals surface area contributed by atoms with Crippen molar-refractivity contribution in [2.24, 2.45) is 22.7 Å². The molecular formula is C31H42N8O10S2. The molecule has 1 saturated heterocycles. The molecule has 1 aromatic carbocycles. The number of nitrogens with two attached hydrogens (primary N) is 2. The molecule has 5 rings (SSSR count). The number of carbonyl (C=O) groups excluding carboxylic acids is 2. The number of aromatic nitrogens is 1. The van der Waals surface area contributed by atoms with Gasteiger partial charge >= 0.3 is 16.4 Å². The number of carboxylic acids is 1. The first-order valence-electron chi connectivity index (χ1n) is 16.3. The molecule has 3 heterocycles. The molecule has 0 spiro atoms. The number of hydroxylamine groups is 2. The van der Waals surface area contributed by atoms with Crippen LogP contribution in [0.15, 0.2) is 28.7 Å². The van der Waals surface area contributed by atoms with E-state index in [1.165, 1.54) is 26.2 Å². The minimum atomic E-state index is -5.03. The highest BCUT2D eigenvalue weighted by molar-refractivity contribution is 7.80. The number of nitrogens with zero attached hydrogens (tertiary/aromatic N) is 3. The van der Waals surface area contributed by atoms with E-state index < -0.39 is 57.2 Å². The number of amides is 2. The Bertz CT molecular complexity index is 1830. The predicted octanol–water partition coefficient (Wildman–Crippen LogP) is 1.20. The minimum absolute atomic E-state index is 0.0591. The predicted molar refractivity (Wildman–Crippen MR) is 184 cm³/mol. The van der Waals surface area contributed by atoms with Crippen molar-refractivity contribution in [3.05, 3.63) is 40.4 Å². The molecule has 2 aromatic rings. The number of nitrogen functional groups attached to an aromatic ring is 1. The number of aryl methyl sites for hydroxylation is 1. The number of nitrogens with one attached hydrogen (secondary N) is 3. The van der Waals surface area contributed by atoms with Crippen molar-refractivity contribution in [2.45, 2.75) is 82.6 Å². The molecule has 0 radical (unpaired) electrons. The number of thiazole rings is 1. The van der Waals surface area contributed by atoms with Crippen LogP contribution in [0.25, 0.3) is 0 Å². The highest BCUT2D eigenvalue weighted by Gasteiger charge is 2.58. The van der Waals surface area contributed by atoms with Crippen LogP contribution in [0.3, 0.4) is 0 Å². The van der Waals surface area contributed by atoms with Gasteiger partial charge in [-0.2, -0.15) is 13.5 Å². The van der Waals surface area contributed by atoms with E-state index in [9.17, 15) is 27.9 Å². The van der Waals surface area contributed by atoms with Crippen LogP contribution in [-0.2, 0) is 40.3 Å². The lowest BCUT2D eigenvalue weighted by atomic mass is 9.82. The molecule has 0 unspecified atom stereocenters. The van der Waals surface area contributed by atoms with E-state index in [2.05, 4.69) is 25.1 Å². The van der Waals surface area contributed by atoms with Crippen LogP contribution in [0.1, 0.15) is 69.7 Å². The molecule has 18 nitrogen and oxygen atoms in total. The smallest absolute Gasteiger partial charge is 0.418 e. The zero-order chi connectivity index (χ0) is 37.3. The van der Waals surface area contributed by atoms with Gasteiger partial charge in [-0.25, -0.2) is 9.78 Å². The van der Waals surface area contributed by atoms with E-state index in [0.29, 0.717) is 47.7 Å². The molecule has 2 fully saturated rings. The SMILES string of the molecule is CC1(C)[C@H](NC(=O)/C(=N\O[C@](C)(C(=O)O)[C@H]2CCc3cc(C(=N)NCC4CCC(CN)CC4)ccc3O2)c2csc(N)n2)C(=O)N1OS(=O)(=O)O. The van der Waals surface area contributed by atoms with Crippen molar-refractivity contribution in [3.63, 3.8) is 0 Å². The minimum Gasteiger partial charge on any atom is -0.485 e. The molecule has 9 N–H and O–H groups in total. The van der Waals surface area contributed by atoms with Gasteiger partial charge in [-0.15, -0.1) is 15.6 Å². The number of amidine groups is 1. The zero-order valence-corrected chi connectivity index (χ0v) is 29.9. The van der Waals surface area contributed by atoms with Crippen LogP contribution < -0.4 is 26.8 Å². The normalized spacial score (nSPS) is 24.3. The summed E-state index contributed by atoms with van der Waals surface area (Å²) in [5.41, 5.74) is 8.87. The first-order valence-corrected chi connectivity index (χ1v) is 18.5. The maximum Gasteiger partial charge on any atom is 0.418 e. The Morgan fingerprint density at radius 1 is 1.24 bits per heavy atom. The Hall–Kier alpha value is -4.37. The lowest BCUT2D eigenvalue weighted by Gasteiger charge is -2.50. The van der Waals surface area contributed by atoms with Crippen molar-refractivity contribution in [1.82, 2.24) is 20.7 Å². The number of fused-ring (bicyclic) bond motifs is 1. The second-order valence-electron chi connectivity index (χ2n) is 13.6. The molecule has 1 saturated carbocycles. The van der Waals surface area contributed by atoms with Crippen molar-refractivity contribution < 1.29 is 46.3 Å². The van der Waals surface area contributed by atoms with Crippen LogP contribution in [0.5, 0.6) is 5.75 Å². The first-order chi connectivity index (χ1) is 23.9. The van der Waals surface area contributed by atoms with Gasteiger partial charge in [0.05, 0.1) is 5.54 Å². The zero-order valence-electron chi connectivity index (χ0n) is 28.2. The van der Waals surface area contributed by atoms with Gasteiger partial charge < -0.3 is 36.8 Å². The number of hydrogen-bond acceptors (Lipinski definition) is 14. The Morgan fingerprint density at radius 2 is 1.92 bits per heavy atom. The number of benzene rings is 1. The number of aliphatic carboxylic acids is 1. The molecule has 3 aliphatic rings. The molecule has 278 valence electrons. The number of carbonyl (C=O) groups is 3. The number of oxime groups is 1. The van der Waals surface area contributed by atoms with E-state index in [1.807, 2.05) is 6.07 Å². The third kappa shape index (κ3) is 8.25. The molecule has 20 heteroatoms. The summed E-state index contributed by atoms with van der Waals surface area (Å²) in [6.45, 7) is 5.40.